The van der Waals surface area contributed by atoms with Crippen LogP contribution in [0.4, 0.5) is 5.69 Å². The van der Waals surface area contributed by atoms with Crippen LogP contribution < -0.4 is 10.5 Å². The molecule has 1 aliphatic heterocycles. The number of aromatic nitrogens is 2. The van der Waals surface area contributed by atoms with Gasteiger partial charge >= 0.3 is 0 Å². The van der Waals surface area contributed by atoms with Gasteiger partial charge in [0.05, 0.1) is 5.02 Å². The van der Waals surface area contributed by atoms with E-state index in [0.29, 0.717) is 27.5 Å². The fourth-order valence-corrected chi connectivity index (χ4v) is 3.85. The third-order valence-electron chi connectivity index (χ3n) is 4.64. The first-order valence-electron chi connectivity index (χ1n) is 8.62. The third kappa shape index (κ3) is 2.85. The summed E-state index contributed by atoms with van der Waals surface area (Å²) in [6.45, 7) is 0.765. The van der Waals surface area contributed by atoms with E-state index >= 15 is 0 Å². The minimum absolute atomic E-state index is 0.202. The zero-order valence-corrected chi connectivity index (χ0v) is 16.8. The Labute approximate surface area is 173 Å². The predicted octanol–water partition coefficient (Wildman–Crippen LogP) is 5.64. The molecule has 2 aromatic carbocycles. The number of hydrogen-bond donors (Lipinski definition) is 1. The highest BCUT2D eigenvalue weighted by atomic mass is 79.9. The van der Waals surface area contributed by atoms with Crippen molar-refractivity contribution in [3.63, 3.8) is 0 Å². The molecule has 0 saturated heterocycles. The van der Waals surface area contributed by atoms with E-state index < -0.39 is 0 Å². The van der Waals surface area contributed by atoms with Crippen LogP contribution in [0.5, 0.6) is 0 Å². The van der Waals surface area contributed by atoms with E-state index in [4.69, 9.17) is 16.0 Å². The number of furan rings is 1. The molecular formula is C21H13BrClN3O2. The second kappa shape index (κ2) is 6.65. The number of fused-ring (bicyclic) bond motifs is 3. The number of hydrogen-bond acceptors (Lipinski definition) is 4. The molecule has 0 bridgehead atoms. The number of halogens is 2. The Bertz CT molecular complexity index is 1350. The van der Waals surface area contributed by atoms with Crippen molar-refractivity contribution in [2.75, 3.05) is 11.4 Å². The number of nitrogens with zero attached hydrogens (tertiary/aromatic N) is 2. The average molecular weight is 455 g/mol. The molecule has 0 unspecified atom stereocenters. The minimum atomic E-state index is -0.338. The second-order valence-corrected chi connectivity index (χ2v) is 7.74. The first-order valence-corrected chi connectivity index (χ1v) is 9.79. The van der Waals surface area contributed by atoms with Gasteiger partial charge in [0.1, 0.15) is 16.9 Å². The van der Waals surface area contributed by atoms with Crippen LogP contribution >= 0.6 is 27.5 Å². The van der Waals surface area contributed by atoms with Crippen LogP contribution in [-0.2, 0) is 0 Å². The average Bonchev–Trinajstić information content (AvgIpc) is 3.07. The van der Waals surface area contributed by atoms with E-state index in [1.807, 2.05) is 54.8 Å². The van der Waals surface area contributed by atoms with Crippen molar-refractivity contribution < 1.29 is 4.42 Å². The smallest absolute Gasteiger partial charge is 0.294 e. The maximum atomic E-state index is 12.7. The summed E-state index contributed by atoms with van der Waals surface area (Å²) in [6, 6.07) is 11.2. The van der Waals surface area contributed by atoms with Crippen molar-refractivity contribution in [3.05, 3.63) is 80.7 Å². The number of benzene rings is 2. The molecule has 3 heterocycles. The number of nitrogens with one attached hydrogen (secondary N) is 1. The van der Waals surface area contributed by atoms with Gasteiger partial charge in [0.2, 0.25) is 5.58 Å². The van der Waals surface area contributed by atoms with Gasteiger partial charge in [0.25, 0.3) is 5.56 Å². The van der Waals surface area contributed by atoms with E-state index in [-0.39, 0.29) is 11.1 Å². The van der Waals surface area contributed by atoms with Crippen molar-refractivity contribution in [2.45, 2.75) is 0 Å². The van der Waals surface area contributed by atoms with E-state index in [1.54, 1.807) is 0 Å². The first kappa shape index (κ1) is 17.3. The van der Waals surface area contributed by atoms with Crippen LogP contribution in [0.2, 0.25) is 5.02 Å². The normalized spacial score (nSPS) is 13.7. The maximum absolute atomic E-state index is 12.7. The molecule has 138 valence electrons. The van der Waals surface area contributed by atoms with Gasteiger partial charge in [0.15, 0.2) is 0 Å². The van der Waals surface area contributed by atoms with Crippen molar-refractivity contribution in [3.8, 4) is 11.4 Å². The molecule has 7 heteroatoms. The summed E-state index contributed by atoms with van der Waals surface area (Å²) >= 11 is 9.90. The standard InChI is InChI=1S/C21H13BrClN3O2/c22-12-4-7-17-15(10-12)18-19(28-17)21(27)25-20(24-18)14-11-13(5-6-16(14)23)26-8-2-1-3-9-26/h1-8,10-11H,9H2,(H,24,25,27). The molecule has 1 N–H and O–H groups in total. The molecule has 0 saturated carbocycles. The number of allylic oxidation sites excluding steroid dienone is 2. The summed E-state index contributed by atoms with van der Waals surface area (Å²) < 4.78 is 6.58. The lowest BCUT2D eigenvalue weighted by Crippen LogP contribution is -2.17. The zero-order chi connectivity index (χ0) is 19.3. The molecule has 0 amide bonds. The number of aromatic amines is 1. The van der Waals surface area contributed by atoms with Gasteiger partial charge in [-0.3, -0.25) is 4.79 Å². The van der Waals surface area contributed by atoms with Gasteiger partial charge in [-0.1, -0.05) is 39.7 Å². The van der Waals surface area contributed by atoms with E-state index in [1.165, 1.54) is 0 Å². The molecule has 0 aliphatic carbocycles. The topological polar surface area (TPSA) is 62.1 Å². The molecule has 5 rings (SSSR count). The molecular weight excluding hydrogens is 442 g/mol. The molecule has 1 aliphatic rings. The summed E-state index contributed by atoms with van der Waals surface area (Å²) in [7, 11) is 0. The Hall–Kier alpha value is -2.83. The first-order chi connectivity index (χ1) is 13.6. The van der Waals surface area contributed by atoms with Crippen molar-refractivity contribution >= 4 is 55.3 Å². The summed E-state index contributed by atoms with van der Waals surface area (Å²) in [5.41, 5.74) is 2.60. The maximum Gasteiger partial charge on any atom is 0.294 e. The third-order valence-corrected chi connectivity index (χ3v) is 5.46. The Balaban J connectivity index is 1.71. The van der Waals surface area contributed by atoms with E-state index in [9.17, 15) is 4.79 Å². The highest BCUT2D eigenvalue weighted by Crippen LogP contribution is 2.33. The summed E-state index contributed by atoms with van der Waals surface area (Å²) in [6.07, 6.45) is 8.03. The van der Waals surface area contributed by atoms with Crippen LogP contribution in [0.1, 0.15) is 0 Å². The van der Waals surface area contributed by atoms with Gasteiger partial charge in [-0.25, -0.2) is 4.98 Å². The molecule has 0 fully saturated rings. The van der Waals surface area contributed by atoms with Gasteiger partial charge in [-0.05, 0) is 42.5 Å². The minimum Gasteiger partial charge on any atom is -0.449 e. The fourth-order valence-electron chi connectivity index (χ4n) is 3.29. The lowest BCUT2D eigenvalue weighted by atomic mass is 10.1. The number of rotatable bonds is 2. The Kier molecular flexibility index (Phi) is 4.10. The van der Waals surface area contributed by atoms with Crippen molar-refractivity contribution in [2.24, 2.45) is 0 Å². The lowest BCUT2D eigenvalue weighted by Gasteiger charge is -2.21. The monoisotopic (exact) mass is 453 g/mol. The molecule has 0 atom stereocenters. The molecule has 2 aromatic heterocycles. The van der Waals surface area contributed by atoms with E-state index in [2.05, 4.69) is 36.9 Å². The second-order valence-electron chi connectivity index (χ2n) is 6.42. The van der Waals surface area contributed by atoms with Gasteiger partial charge in [-0.2, -0.15) is 0 Å². The molecule has 0 spiro atoms. The Morgan fingerprint density at radius 1 is 1.18 bits per heavy atom. The number of H-pyrrole nitrogens is 1. The largest absolute Gasteiger partial charge is 0.449 e. The quantitative estimate of drug-likeness (QED) is 0.426. The SMILES string of the molecule is O=c1[nH]c(-c2cc(N3C=CC=CC3)ccc2Cl)nc2c1oc1ccc(Br)cc12. The van der Waals surface area contributed by atoms with Crippen LogP contribution in [0, 0.1) is 0 Å². The Morgan fingerprint density at radius 3 is 2.89 bits per heavy atom. The fraction of sp³-hybridized carbons (Fsp3) is 0.0476. The highest BCUT2D eigenvalue weighted by Gasteiger charge is 2.17. The van der Waals surface area contributed by atoms with Crippen LogP contribution in [-0.4, -0.2) is 16.5 Å². The van der Waals surface area contributed by atoms with Crippen LogP contribution in [0.25, 0.3) is 33.5 Å². The van der Waals surface area contributed by atoms with E-state index in [0.717, 1.165) is 22.1 Å². The number of anilines is 1. The van der Waals surface area contributed by atoms with Crippen molar-refractivity contribution in [1.82, 2.24) is 9.97 Å². The summed E-state index contributed by atoms with van der Waals surface area (Å²) in [4.78, 5) is 22.2. The molecule has 4 aromatic rings. The van der Waals surface area contributed by atoms with Gasteiger partial charge in [-0.15, -0.1) is 0 Å². The lowest BCUT2D eigenvalue weighted by molar-refractivity contribution is 0.661. The molecule has 0 radical (unpaired) electrons. The highest BCUT2D eigenvalue weighted by molar-refractivity contribution is 9.10. The van der Waals surface area contributed by atoms with Gasteiger partial charge < -0.3 is 14.3 Å². The summed E-state index contributed by atoms with van der Waals surface area (Å²) in [5.74, 6) is 0.406. The zero-order valence-electron chi connectivity index (χ0n) is 14.4. The van der Waals surface area contributed by atoms with Crippen molar-refractivity contribution in [1.29, 1.82) is 0 Å². The van der Waals surface area contributed by atoms with Crippen LogP contribution in [0.15, 0.2) is 74.5 Å². The molecule has 5 nitrogen and oxygen atoms in total. The van der Waals surface area contributed by atoms with Gasteiger partial charge in [0, 0.05) is 33.9 Å². The molecule has 28 heavy (non-hydrogen) atoms. The van der Waals surface area contributed by atoms with Crippen LogP contribution in [0.3, 0.4) is 0 Å². The predicted molar refractivity (Wildman–Crippen MR) is 116 cm³/mol. The summed E-state index contributed by atoms with van der Waals surface area (Å²) in [5, 5.41) is 1.28. The Morgan fingerprint density at radius 2 is 2.07 bits per heavy atom.